The van der Waals surface area contributed by atoms with Crippen molar-refractivity contribution in [2.24, 2.45) is 5.10 Å². The van der Waals surface area contributed by atoms with Crippen molar-refractivity contribution in [3.63, 3.8) is 0 Å². The summed E-state index contributed by atoms with van der Waals surface area (Å²) in [5.74, 6) is 1.55. The fourth-order valence-corrected chi connectivity index (χ4v) is 5.33. The number of ether oxygens (including phenoxy) is 2. The molecule has 2 fully saturated rings. The highest BCUT2D eigenvalue weighted by Gasteiger charge is 2.31. The van der Waals surface area contributed by atoms with Gasteiger partial charge in [-0.3, -0.25) is 9.80 Å². The van der Waals surface area contributed by atoms with E-state index in [-0.39, 0.29) is 12.0 Å². The zero-order valence-corrected chi connectivity index (χ0v) is 22.0. The fourth-order valence-electron chi connectivity index (χ4n) is 5.33. The number of hydrazine groups is 2. The van der Waals surface area contributed by atoms with Crippen molar-refractivity contribution in [3.05, 3.63) is 59.9 Å². The minimum atomic E-state index is -0.317. The normalized spacial score (nSPS) is 20.9. The average molecular weight is 530 g/mol. The number of benzene rings is 1. The van der Waals surface area contributed by atoms with Crippen LogP contribution in [0.5, 0.6) is 5.75 Å². The maximum absolute atomic E-state index is 13.6. The van der Waals surface area contributed by atoms with E-state index in [0.717, 1.165) is 41.6 Å². The number of morpholine rings is 1. The number of amides is 1. The quantitative estimate of drug-likeness (QED) is 0.514. The number of imidazole rings is 1. The van der Waals surface area contributed by atoms with E-state index >= 15 is 0 Å². The van der Waals surface area contributed by atoms with Gasteiger partial charge in [0.2, 0.25) is 0 Å². The number of rotatable bonds is 5. The summed E-state index contributed by atoms with van der Waals surface area (Å²) in [6.45, 7) is 5.30. The van der Waals surface area contributed by atoms with Gasteiger partial charge in [-0.15, -0.1) is 10.2 Å². The topological polar surface area (TPSA) is 112 Å². The smallest absolute Gasteiger partial charge is 0.274 e. The molecule has 7 rings (SSSR count). The second-order valence-corrected chi connectivity index (χ2v) is 10.3. The first kappa shape index (κ1) is 23.9. The minimum absolute atomic E-state index is 0.114. The number of hydrazone groups is 1. The number of anilines is 2. The molecule has 5 heterocycles. The van der Waals surface area contributed by atoms with Gasteiger partial charge in [-0.1, -0.05) is 6.07 Å². The van der Waals surface area contributed by atoms with E-state index in [1.54, 1.807) is 6.20 Å². The highest BCUT2D eigenvalue weighted by molar-refractivity contribution is 6.08. The molecule has 3 aromatic rings. The number of amidine groups is 1. The molecule has 1 saturated heterocycles. The largest absolute Gasteiger partial charge is 0.489 e. The molecule has 2 N–H and O–H groups in total. The second-order valence-electron chi connectivity index (χ2n) is 10.3. The fraction of sp³-hybridized carbons (Fsp3) is 0.407. The summed E-state index contributed by atoms with van der Waals surface area (Å²) >= 11 is 0. The number of nitrogens with zero attached hydrogens (tertiary/aromatic N) is 7. The zero-order valence-electron chi connectivity index (χ0n) is 22.0. The maximum atomic E-state index is 13.6. The lowest BCUT2D eigenvalue weighted by molar-refractivity contribution is 0.0401. The van der Waals surface area contributed by atoms with E-state index in [1.807, 2.05) is 52.3 Å². The summed E-state index contributed by atoms with van der Waals surface area (Å²) in [7, 11) is 1.89. The number of hydrogen-bond donors (Lipinski definition) is 2. The van der Waals surface area contributed by atoms with Crippen molar-refractivity contribution in [2.45, 2.75) is 31.8 Å². The summed E-state index contributed by atoms with van der Waals surface area (Å²) in [6.07, 6.45) is 8.16. The molecule has 39 heavy (non-hydrogen) atoms. The second kappa shape index (κ2) is 9.54. The van der Waals surface area contributed by atoms with Crippen LogP contribution in [-0.4, -0.2) is 82.4 Å². The number of pyridine rings is 1. The van der Waals surface area contributed by atoms with E-state index in [9.17, 15) is 4.79 Å². The van der Waals surface area contributed by atoms with Crippen LogP contribution < -0.4 is 20.5 Å². The van der Waals surface area contributed by atoms with Gasteiger partial charge in [0.05, 0.1) is 60.1 Å². The first-order valence-corrected chi connectivity index (χ1v) is 13.4. The first-order chi connectivity index (χ1) is 19.0. The lowest BCUT2D eigenvalue weighted by atomic mass is 10.1. The third-order valence-corrected chi connectivity index (χ3v) is 7.51. The molecule has 0 bridgehead atoms. The maximum Gasteiger partial charge on any atom is 0.274 e. The number of para-hydroxylation sites is 1. The molecule has 1 saturated carbocycles. The van der Waals surface area contributed by atoms with Crippen LogP contribution in [0, 0.1) is 0 Å². The van der Waals surface area contributed by atoms with Crippen LogP contribution in [0.3, 0.4) is 0 Å². The number of fused-ring (bicyclic) bond motifs is 3. The number of carbonyl (C=O) groups is 1. The highest BCUT2D eigenvalue weighted by Crippen LogP contribution is 2.40. The van der Waals surface area contributed by atoms with E-state index in [4.69, 9.17) is 9.47 Å². The Bertz CT molecular complexity index is 1450. The zero-order chi connectivity index (χ0) is 26.5. The van der Waals surface area contributed by atoms with Crippen LogP contribution in [-0.2, 0) is 4.74 Å². The Hall–Kier alpha value is -4.16. The third-order valence-electron chi connectivity index (χ3n) is 7.51. The lowest BCUT2D eigenvalue weighted by Gasteiger charge is -2.34. The Morgan fingerprint density at radius 1 is 1.15 bits per heavy atom. The van der Waals surface area contributed by atoms with Crippen LogP contribution in [0.15, 0.2) is 48.1 Å². The lowest BCUT2D eigenvalue weighted by Crippen LogP contribution is -2.43. The van der Waals surface area contributed by atoms with E-state index in [0.29, 0.717) is 42.8 Å². The number of aromatic nitrogens is 3. The van der Waals surface area contributed by atoms with Crippen molar-refractivity contribution in [1.29, 1.82) is 0 Å². The van der Waals surface area contributed by atoms with Gasteiger partial charge < -0.3 is 24.3 Å². The molecular weight excluding hydrogens is 498 g/mol. The molecular formula is C27H31N9O3. The van der Waals surface area contributed by atoms with Gasteiger partial charge >= 0.3 is 0 Å². The molecule has 202 valence electrons. The van der Waals surface area contributed by atoms with Gasteiger partial charge in [-0.05, 0) is 38.0 Å². The van der Waals surface area contributed by atoms with Gasteiger partial charge in [0, 0.05) is 32.3 Å². The van der Waals surface area contributed by atoms with Crippen LogP contribution in [0.4, 0.5) is 11.4 Å². The van der Waals surface area contributed by atoms with Crippen molar-refractivity contribution in [2.75, 3.05) is 50.1 Å². The molecule has 2 aromatic heterocycles. The molecule has 1 aromatic carbocycles. The Kier molecular flexibility index (Phi) is 5.85. The molecule has 0 spiro atoms. The molecule has 12 nitrogen and oxygen atoms in total. The van der Waals surface area contributed by atoms with Gasteiger partial charge in [-0.25, -0.2) is 15.5 Å². The monoisotopic (exact) mass is 529 g/mol. The van der Waals surface area contributed by atoms with Crippen molar-refractivity contribution in [3.8, 4) is 11.4 Å². The number of carbonyl (C=O) groups excluding carboxylic acids is 1. The van der Waals surface area contributed by atoms with Crippen molar-refractivity contribution < 1.29 is 14.3 Å². The van der Waals surface area contributed by atoms with Crippen LogP contribution in [0.25, 0.3) is 5.69 Å². The van der Waals surface area contributed by atoms with Crippen molar-refractivity contribution >= 4 is 23.1 Å². The average Bonchev–Trinajstić information content (AvgIpc) is 3.62. The summed E-state index contributed by atoms with van der Waals surface area (Å²) in [6, 6.07) is 7.50. The van der Waals surface area contributed by atoms with Crippen LogP contribution in [0.2, 0.25) is 0 Å². The van der Waals surface area contributed by atoms with E-state index < -0.39 is 0 Å². The summed E-state index contributed by atoms with van der Waals surface area (Å²) in [5.41, 5.74) is 7.56. The predicted molar refractivity (Wildman–Crippen MR) is 145 cm³/mol. The Labute approximate surface area is 226 Å². The first-order valence-electron chi connectivity index (χ1n) is 13.4. The van der Waals surface area contributed by atoms with Gasteiger partial charge in [0.15, 0.2) is 11.6 Å². The molecule has 0 radical (unpaired) electrons. The molecule has 4 aliphatic rings. The highest BCUT2D eigenvalue weighted by atomic mass is 16.5. The Balaban J connectivity index is 1.21. The minimum Gasteiger partial charge on any atom is -0.489 e. The standard InChI is InChI=1S/C27H31N9O3/c1-17-14-34(8-10-38-17)24-13-28-21(12-23(24)35-15-22(29-16-35)18-6-7-18)27(37)30-20-5-3-4-19-25(20)39-11-9-36-26(19)31-32-33(36)2/h3-5,12-13,15-18,32H,6-11,14H2,1-2H3,(H,30,37)/t17-/m0/s1. The summed E-state index contributed by atoms with van der Waals surface area (Å²) in [4.78, 5) is 25.1. The molecule has 1 amide bonds. The molecule has 12 heteroatoms. The SMILES string of the molecule is C[C@H]1CN(c2cnc(C(=O)Nc3cccc4c3OCCN3C4=NNN3C)cc2-n2cnc(C3CC3)c2)CCO1. The van der Waals surface area contributed by atoms with Gasteiger partial charge in [0.25, 0.3) is 5.91 Å². The molecule has 3 aliphatic heterocycles. The molecule has 1 atom stereocenters. The molecule has 1 aliphatic carbocycles. The number of nitrogens with one attached hydrogen (secondary N) is 2. The third kappa shape index (κ3) is 4.45. The van der Waals surface area contributed by atoms with Gasteiger partial charge in [0.1, 0.15) is 12.3 Å². The van der Waals surface area contributed by atoms with Gasteiger partial charge in [-0.2, -0.15) is 0 Å². The predicted octanol–water partition coefficient (Wildman–Crippen LogP) is 2.34. The Morgan fingerprint density at radius 3 is 2.90 bits per heavy atom. The summed E-state index contributed by atoms with van der Waals surface area (Å²) < 4.78 is 13.9. The Morgan fingerprint density at radius 2 is 2.05 bits per heavy atom. The molecule has 0 unspecified atom stereocenters. The van der Waals surface area contributed by atoms with E-state index in [2.05, 4.69) is 43.9 Å². The van der Waals surface area contributed by atoms with Crippen molar-refractivity contribution in [1.82, 2.24) is 30.2 Å². The number of hydrogen-bond acceptors (Lipinski definition) is 10. The summed E-state index contributed by atoms with van der Waals surface area (Å²) in [5, 5.41) is 11.3. The van der Waals surface area contributed by atoms with Crippen LogP contribution in [0.1, 0.15) is 47.4 Å². The van der Waals surface area contributed by atoms with Crippen LogP contribution >= 0.6 is 0 Å². The van der Waals surface area contributed by atoms with E-state index in [1.165, 1.54) is 12.8 Å².